The van der Waals surface area contributed by atoms with E-state index in [9.17, 15) is 9.59 Å². The summed E-state index contributed by atoms with van der Waals surface area (Å²) >= 11 is 0. The molecular weight excluding hydrogens is 218 g/mol. The van der Waals surface area contributed by atoms with Gasteiger partial charge in [-0.1, -0.05) is 13.8 Å². The Balaban J connectivity index is 2.61. The van der Waals surface area contributed by atoms with Crippen molar-refractivity contribution >= 4 is 11.8 Å². The maximum absolute atomic E-state index is 12.1. The van der Waals surface area contributed by atoms with Crippen LogP contribution in [0.3, 0.4) is 0 Å². The lowest BCUT2D eigenvalue weighted by atomic mass is 10.0. The van der Waals surface area contributed by atoms with Crippen molar-refractivity contribution in [2.45, 2.75) is 39.8 Å². The first-order chi connectivity index (χ1) is 7.84. The van der Waals surface area contributed by atoms with Gasteiger partial charge in [-0.25, -0.2) is 0 Å². The molecule has 0 spiro atoms. The van der Waals surface area contributed by atoms with Crippen LogP contribution < -0.4 is 5.73 Å². The number of carbonyl (C=O) groups excluding carboxylic acids is 2. The second-order valence-electron chi connectivity index (χ2n) is 5.12. The van der Waals surface area contributed by atoms with E-state index >= 15 is 0 Å². The molecular formula is C12H23N3O2. The number of nitrogens with zero attached hydrogens (tertiary/aromatic N) is 2. The summed E-state index contributed by atoms with van der Waals surface area (Å²) in [6, 6.07) is -0.365. The molecule has 2 N–H and O–H groups in total. The van der Waals surface area contributed by atoms with Crippen LogP contribution in [0.5, 0.6) is 0 Å². The summed E-state index contributed by atoms with van der Waals surface area (Å²) < 4.78 is 0. The summed E-state index contributed by atoms with van der Waals surface area (Å²) in [5.74, 6) is 0.205. The van der Waals surface area contributed by atoms with Crippen molar-refractivity contribution in [2.75, 3.05) is 19.6 Å². The predicted octanol–water partition coefficient (Wildman–Crippen LogP) is 0.0489. The quantitative estimate of drug-likeness (QED) is 0.743. The van der Waals surface area contributed by atoms with Crippen LogP contribution >= 0.6 is 0 Å². The van der Waals surface area contributed by atoms with E-state index in [1.165, 1.54) is 0 Å². The summed E-state index contributed by atoms with van der Waals surface area (Å²) in [6.45, 7) is 9.18. The molecule has 0 aromatic rings. The van der Waals surface area contributed by atoms with Crippen molar-refractivity contribution in [3.8, 4) is 0 Å². The highest BCUT2D eigenvalue weighted by molar-refractivity contribution is 5.82. The van der Waals surface area contributed by atoms with E-state index in [4.69, 9.17) is 5.73 Å². The van der Waals surface area contributed by atoms with Crippen molar-refractivity contribution < 1.29 is 9.59 Å². The number of hydrogen-bond acceptors (Lipinski definition) is 3. The summed E-state index contributed by atoms with van der Waals surface area (Å²) in [5.41, 5.74) is 5.86. The van der Waals surface area contributed by atoms with Crippen molar-refractivity contribution in [2.24, 2.45) is 11.7 Å². The first-order valence-corrected chi connectivity index (χ1v) is 6.16. The third-order valence-electron chi connectivity index (χ3n) is 3.35. The molecule has 17 heavy (non-hydrogen) atoms. The SMILES string of the molecule is CC(=O)N1CCN(C(=O)[C@@H](N)C(C)C)CC1C. The lowest BCUT2D eigenvalue weighted by Crippen LogP contribution is -2.58. The first kappa shape index (κ1) is 14.0. The lowest BCUT2D eigenvalue weighted by molar-refractivity contribution is -0.142. The van der Waals surface area contributed by atoms with Gasteiger partial charge in [0.2, 0.25) is 11.8 Å². The van der Waals surface area contributed by atoms with Gasteiger partial charge >= 0.3 is 0 Å². The predicted molar refractivity (Wildman–Crippen MR) is 66.2 cm³/mol. The van der Waals surface area contributed by atoms with Gasteiger partial charge in [-0.05, 0) is 12.8 Å². The minimum atomic E-state index is -0.439. The number of nitrogens with two attached hydrogens (primary N) is 1. The highest BCUT2D eigenvalue weighted by atomic mass is 16.2. The molecule has 1 saturated heterocycles. The zero-order valence-electron chi connectivity index (χ0n) is 11.1. The number of carbonyl (C=O) groups is 2. The van der Waals surface area contributed by atoms with Crippen molar-refractivity contribution in [3.63, 3.8) is 0 Å². The van der Waals surface area contributed by atoms with Crippen LogP contribution in [0.15, 0.2) is 0 Å². The van der Waals surface area contributed by atoms with E-state index in [0.717, 1.165) is 0 Å². The monoisotopic (exact) mass is 241 g/mol. The largest absolute Gasteiger partial charge is 0.338 e. The van der Waals surface area contributed by atoms with E-state index in [2.05, 4.69) is 0 Å². The zero-order chi connectivity index (χ0) is 13.2. The fourth-order valence-electron chi connectivity index (χ4n) is 2.12. The Hall–Kier alpha value is -1.10. The molecule has 1 rings (SSSR count). The maximum atomic E-state index is 12.1. The van der Waals surface area contributed by atoms with Gasteiger partial charge in [0.25, 0.3) is 0 Å². The molecule has 5 heteroatoms. The van der Waals surface area contributed by atoms with Crippen LogP contribution in [-0.2, 0) is 9.59 Å². The molecule has 1 aliphatic rings. The fourth-order valence-corrected chi connectivity index (χ4v) is 2.12. The molecule has 0 radical (unpaired) electrons. The Bertz CT molecular complexity index is 304. The van der Waals surface area contributed by atoms with Crippen LogP contribution in [0.4, 0.5) is 0 Å². The van der Waals surface area contributed by atoms with Crippen LogP contribution in [0, 0.1) is 5.92 Å². The molecule has 2 atom stereocenters. The van der Waals surface area contributed by atoms with Gasteiger partial charge in [0.1, 0.15) is 0 Å². The molecule has 1 heterocycles. The van der Waals surface area contributed by atoms with Crippen LogP contribution in [0.2, 0.25) is 0 Å². The molecule has 1 fully saturated rings. The first-order valence-electron chi connectivity index (χ1n) is 6.16. The Labute approximate surface area is 103 Å². The minimum absolute atomic E-state index is 0.00458. The summed E-state index contributed by atoms with van der Waals surface area (Å²) in [4.78, 5) is 27.0. The van der Waals surface area contributed by atoms with E-state index < -0.39 is 6.04 Å². The molecule has 98 valence electrons. The summed E-state index contributed by atoms with van der Waals surface area (Å²) in [7, 11) is 0. The summed E-state index contributed by atoms with van der Waals surface area (Å²) in [6.07, 6.45) is 0. The maximum Gasteiger partial charge on any atom is 0.239 e. The van der Waals surface area contributed by atoms with Crippen molar-refractivity contribution in [3.05, 3.63) is 0 Å². The Morgan fingerprint density at radius 3 is 2.29 bits per heavy atom. The van der Waals surface area contributed by atoms with E-state index in [0.29, 0.717) is 19.6 Å². The van der Waals surface area contributed by atoms with Gasteiger partial charge in [-0.15, -0.1) is 0 Å². The molecule has 0 bridgehead atoms. The minimum Gasteiger partial charge on any atom is -0.338 e. The molecule has 5 nitrogen and oxygen atoms in total. The lowest BCUT2D eigenvalue weighted by Gasteiger charge is -2.40. The smallest absolute Gasteiger partial charge is 0.239 e. The zero-order valence-corrected chi connectivity index (χ0v) is 11.1. The van der Waals surface area contributed by atoms with Crippen molar-refractivity contribution in [1.29, 1.82) is 0 Å². The summed E-state index contributed by atoms with van der Waals surface area (Å²) in [5, 5.41) is 0. The van der Waals surface area contributed by atoms with Crippen LogP contribution in [-0.4, -0.2) is 53.3 Å². The number of amides is 2. The topological polar surface area (TPSA) is 66.6 Å². The molecule has 0 aromatic carbocycles. The molecule has 1 unspecified atom stereocenters. The van der Waals surface area contributed by atoms with E-state index in [1.54, 1.807) is 16.7 Å². The second kappa shape index (κ2) is 5.49. The highest BCUT2D eigenvalue weighted by Gasteiger charge is 2.31. The number of hydrogen-bond donors (Lipinski definition) is 1. The van der Waals surface area contributed by atoms with Crippen molar-refractivity contribution in [1.82, 2.24) is 9.80 Å². The number of piperazine rings is 1. The van der Waals surface area contributed by atoms with Gasteiger partial charge in [0.15, 0.2) is 0 Å². The molecule has 0 saturated carbocycles. The molecule has 1 aliphatic heterocycles. The van der Waals surface area contributed by atoms with E-state index in [1.807, 2.05) is 20.8 Å². The van der Waals surface area contributed by atoms with Crippen LogP contribution in [0.1, 0.15) is 27.7 Å². The second-order valence-corrected chi connectivity index (χ2v) is 5.12. The highest BCUT2D eigenvalue weighted by Crippen LogP contribution is 2.12. The van der Waals surface area contributed by atoms with Gasteiger partial charge < -0.3 is 15.5 Å². The van der Waals surface area contributed by atoms with Crippen LogP contribution in [0.25, 0.3) is 0 Å². The standard InChI is InChI=1S/C12H23N3O2/c1-8(2)11(13)12(17)14-5-6-15(10(4)16)9(3)7-14/h8-9,11H,5-7,13H2,1-4H3/t9?,11-/m0/s1. The Morgan fingerprint density at radius 1 is 1.29 bits per heavy atom. The normalized spacial score (nSPS) is 22.8. The van der Waals surface area contributed by atoms with Gasteiger partial charge in [-0.2, -0.15) is 0 Å². The molecule has 0 aliphatic carbocycles. The third kappa shape index (κ3) is 3.19. The van der Waals surface area contributed by atoms with Gasteiger partial charge in [-0.3, -0.25) is 9.59 Å². The average molecular weight is 241 g/mol. The van der Waals surface area contributed by atoms with Gasteiger partial charge in [0.05, 0.1) is 6.04 Å². The van der Waals surface area contributed by atoms with Gasteiger partial charge in [0, 0.05) is 32.6 Å². The molecule has 0 aromatic heterocycles. The van der Waals surface area contributed by atoms with E-state index in [-0.39, 0.29) is 23.8 Å². The third-order valence-corrected chi connectivity index (χ3v) is 3.35. The molecule has 2 amide bonds. The average Bonchev–Trinajstić information content (AvgIpc) is 2.26. The Morgan fingerprint density at radius 2 is 1.88 bits per heavy atom. The fraction of sp³-hybridized carbons (Fsp3) is 0.833. The number of rotatable bonds is 2. The Kier molecular flexibility index (Phi) is 4.51.